The molecule has 26 heavy (non-hydrogen) atoms. The van der Waals surface area contributed by atoms with Crippen molar-refractivity contribution in [2.24, 2.45) is 0 Å². The number of fused-ring (bicyclic) bond motifs is 1. The maximum atomic E-state index is 11.3. The van der Waals surface area contributed by atoms with E-state index in [1.807, 2.05) is 23.1 Å². The average Bonchev–Trinajstić information content (AvgIpc) is 3.09. The Hall–Kier alpha value is -2.65. The fraction of sp³-hybridized carbons (Fsp3) is 0.375. The molecular weight excluding hydrogens is 362 g/mol. The summed E-state index contributed by atoms with van der Waals surface area (Å²) in [5.74, 6) is 1.82. The summed E-state index contributed by atoms with van der Waals surface area (Å²) < 4.78 is 10.7. The van der Waals surface area contributed by atoms with Crippen molar-refractivity contribution in [2.75, 3.05) is 37.9 Å². The summed E-state index contributed by atoms with van der Waals surface area (Å²) in [4.78, 5) is 22.7. The lowest BCUT2D eigenvalue weighted by Gasteiger charge is -2.35. The van der Waals surface area contributed by atoms with Crippen molar-refractivity contribution in [3.8, 4) is 11.5 Å². The van der Waals surface area contributed by atoms with Crippen molar-refractivity contribution in [1.82, 2.24) is 14.9 Å². The van der Waals surface area contributed by atoms with E-state index >= 15 is 0 Å². The maximum absolute atomic E-state index is 11.3. The Balaban J connectivity index is 1.42. The molecule has 0 radical (unpaired) electrons. The number of anilines is 1. The highest BCUT2D eigenvalue weighted by Gasteiger charge is 2.28. The first kappa shape index (κ1) is 16.8. The van der Waals surface area contributed by atoms with Gasteiger partial charge in [0.25, 0.3) is 0 Å². The highest BCUT2D eigenvalue weighted by molar-refractivity contribution is 6.31. The van der Waals surface area contributed by atoms with Gasteiger partial charge in [0.1, 0.15) is 6.33 Å². The number of ether oxygens (including phenoxy) is 2. The number of rotatable bonds is 4. The van der Waals surface area contributed by atoms with Crippen molar-refractivity contribution < 1.29 is 14.4 Å². The summed E-state index contributed by atoms with van der Waals surface area (Å²) >= 11 is 5.87. The molecule has 3 heterocycles. The molecule has 2 aliphatic heterocycles. The van der Waals surface area contributed by atoms with Crippen LogP contribution in [0.4, 0.5) is 11.5 Å². The van der Waals surface area contributed by atoms with Gasteiger partial charge in [-0.2, -0.15) is 0 Å². The minimum atomic E-state index is -0.531. The summed E-state index contributed by atoms with van der Waals surface area (Å²) in [5, 5.41) is 11.1. The number of nitro groups is 1. The fourth-order valence-corrected chi connectivity index (χ4v) is 3.35. The smallest absolute Gasteiger partial charge is 0.348 e. The Labute approximate surface area is 154 Å². The molecule has 0 amide bonds. The molecule has 0 saturated carbocycles. The lowest BCUT2D eigenvalue weighted by molar-refractivity contribution is -0.384. The van der Waals surface area contributed by atoms with Gasteiger partial charge in [-0.1, -0.05) is 17.7 Å². The Morgan fingerprint density at radius 3 is 2.69 bits per heavy atom. The van der Waals surface area contributed by atoms with Gasteiger partial charge in [-0.25, -0.2) is 9.97 Å². The van der Waals surface area contributed by atoms with Crippen LogP contribution in [-0.4, -0.2) is 52.8 Å². The highest BCUT2D eigenvalue weighted by Crippen LogP contribution is 2.34. The van der Waals surface area contributed by atoms with E-state index in [4.69, 9.17) is 21.1 Å². The van der Waals surface area contributed by atoms with Crippen LogP contribution in [0.2, 0.25) is 5.15 Å². The minimum Gasteiger partial charge on any atom is -0.454 e. The molecule has 1 aromatic carbocycles. The molecule has 0 N–H and O–H groups in total. The van der Waals surface area contributed by atoms with Crippen LogP contribution in [-0.2, 0) is 6.54 Å². The van der Waals surface area contributed by atoms with E-state index in [1.165, 1.54) is 6.33 Å². The van der Waals surface area contributed by atoms with Crippen molar-refractivity contribution >= 4 is 23.1 Å². The minimum absolute atomic E-state index is 0.136. The van der Waals surface area contributed by atoms with E-state index in [-0.39, 0.29) is 23.5 Å². The zero-order valence-electron chi connectivity index (χ0n) is 13.8. The van der Waals surface area contributed by atoms with E-state index in [1.54, 1.807) is 0 Å². The van der Waals surface area contributed by atoms with Gasteiger partial charge in [0, 0.05) is 32.7 Å². The summed E-state index contributed by atoms with van der Waals surface area (Å²) in [6.45, 7) is 3.80. The number of piperazine rings is 1. The predicted molar refractivity (Wildman–Crippen MR) is 93.8 cm³/mol. The number of benzene rings is 1. The molecule has 0 spiro atoms. The molecule has 1 fully saturated rings. The largest absolute Gasteiger partial charge is 0.454 e. The van der Waals surface area contributed by atoms with Gasteiger partial charge in [0.2, 0.25) is 17.8 Å². The molecule has 1 aromatic heterocycles. The van der Waals surface area contributed by atoms with Crippen LogP contribution in [0.1, 0.15) is 5.56 Å². The standard InChI is InChI=1S/C16H16ClN5O4/c17-15-14(22(23)24)16(19-9-18-15)21-5-3-20(4-6-21)8-11-1-2-12-13(7-11)26-10-25-12/h1-2,7,9H,3-6,8,10H2. The van der Waals surface area contributed by atoms with Gasteiger partial charge in [-0.05, 0) is 17.7 Å². The highest BCUT2D eigenvalue weighted by atomic mass is 35.5. The van der Waals surface area contributed by atoms with E-state index in [9.17, 15) is 10.1 Å². The molecule has 2 aromatic rings. The Bertz CT molecular complexity index is 841. The van der Waals surface area contributed by atoms with Crippen LogP contribution >= 0.6 is 11.6 Å². The molecular formula is C16H16ClN5O4. The predicted octanol–water partition coefficient (Wildman–Crippen LogP) is 2.09. The van der Waals surface area contributed by atoms with Gasteiger partial charge in [-0.3, -0.25) is 15.0 Å². The van der Waals surface area contributed by atoms with Gasteiger partial charge in [-0.15, -0.1) is 0 Å². The second-order valence-corrected chi connectivity index (χ2v) is 6.40. The van der Waals surface area contributed by atoms with Crippen molar-refractivity contribution in [2.45, 2.75) is 6.54 Å². The lowest BCUT2D eigenvalue weighted by Crippen LogP contribution is -2.46. The van der Waals surface area contributed by atoms with Gasteiger partial charge in [0.15, 0.2) is 11.5 Å². The van der Waals surface area contributed by atoms with Crippen molar-refractivity contribution in [3.05, 3.63) is 45.4 Å². The number of hydrogen-bond acceptors (Lipinski definition) is 8. The maximum Gasteiger partial charge on any atom is 0.348 e. The quantitative estimate of drug-likeness (QED) is 0.454. The average molecular weight is 378 g/mol. The van der Waals surface area contributed by atoms with Crippen molar-refractivity contribution in [3.63, 3.8) is 0 Å². The van der Waals surface area contributed by atoms with E-state index in [0.29, 0.717) is 13.1 Å². The Kier molecular flexibility index (Phi) is 4.48. The normalized spacial score (nSPS) is 16.7. The SMILES string of the molecule is O=[N+]([O-])c1c(Cl)ncnc1N1CCN(Cc2ccc3c(c2)OCO3)CC1. The van der Waals surface area contributed by atoms with E-state index < -0.39 is 4.92 Å². The number of nitrogens with zero attached hydrogens (tertiary/aromatic N) is 5. The van der Waals surface area contributed by atoms with E-state index in [0.717, 1.165) is 36.7 Å². The lowest BCUT2D eigenvalue weighted by atomic mass is 10.1. The van der Waals surface area contributed by atoms with Crippen LogP contribution < -0.4 is 14.4 Å². The Morgan fingerprint density at radius 2 is 1.92 bits per heavy atom. The molecule has 0 unspecified atom stereocenters. The third kappa shape index (κ3) is 3.23. The fourth-order valence-electron chi connectivity index (χ4n) is 3.15. The van der Waals surface area contributed by atoms with Crippen LogP contribution in [0.3, 0.4) is 0 Å². The van der Waals surface area contributed by atoms with Gasteiger partial charge < -0.3 is 14.4 Å². The van der Waals surface area contributed by atoms with Crippen molar-refractivity contribution in [1.29, 1.82) is 0 Å². The molecule has 10 heteroatoms. The monoisotopic (exact) mass is 377 g/mol. The first-order valence-corrected chi connectivity index (χ1v) is 8.50. The second kappa shape index (κ2) is 6.93. The first-order valence-electron chi connectivity index (χ1n) is 8.12. The van der Waals surface area contributed by atoms with Gasteiger partial charge >= 0.3 is 5.69 Å². The molecule has 136 valence electrons. The molecule has 4 rings (SSSR count). The van der Waals surface area contributed by atoms with E-state index in [2.05, 4.69) is 14.9 Å². The molecule has 9 nitrogen and oxygen atoms in total. The number of aromatic nitrogens is 2. The molecule has 0 aliphatic carbocycles. The second-order valence-electron chi connectivity index (χ2n) is 6.04. The van der Waals surface area contributed by atoms with Crippen LogP contribution in [0.5, 0.6) is 11.5 Å². The van der Waals surface area contributed by atoms with Crippen LogP contribution in [0, 0.1) is 10.1 Å². The number of hydrogen-bond donors (Lipinski definition) is 0. The first-order chi connectivity index (χ1) is 12.6. The Morgan fingerprint density at radius 1 is 1.15 bits per heavy atom. The summed E-state index contributed by atoms with van der Waals surface area (Å²) in [5.41, 5.74) is 0.900. The molecule has 0 atom stereocenters. The third-order valence-electron chi connectivity index (χ3n) is 4.46. The molecule has 1 saturated heterocycles. The molecule has 0 bridgehead atoms. The summed E-state index contributed by atoms with van der Waals surface area (Å²) in [7, 11) is 0. The van der Waals surface area contributed by atoms with Gasteiger partial charge in [0.05, 0.1) is 4.92 Å². The summed E-state index contributed by atoms with van der Waals surface area (Å²) in [6, 6.07) is 5.93. The van der Waals surface area contributed by atoms with Crippen LogP contribution in [0.25, 0.3) is 0 Å². The summed E-state index contributed by atoms with van der Waals surface area (Å²) in [6.07, 6.45) is 1.25. The molecule has 2 aliphatic rings. The zero-order valence-corrected chi connectivity index (χ0v) is 14.6. The zero-order chi connectivity index (χ0) is 18.1. The van der Waals surface area contributed by atoms with Crippen LogP contribution in [0.15, 0.2) is 24.5 Å². The third-order valence-corrected chi connectivity index (χ3v) is 4.73. The topological polar surface area (TPSA) is 93.9 Å². The number of halogens is 1.